The Balaban J connectivity index is 2.24. The van der Waals surface area contributed by atoms with Gasteiger partial charge in [-0.2, -0.15) is 0 Å². The zero-order valence-electron chi connectivity index (χ0n) is 11.5. The van der Waals surface area contributed by atoms with Gasteiger partial charge in [-0.15, -0.1) is 11.3 Å². The number of anilines is 1. The standard InChI is InChI=1S/C14H19N3OS/c1-10(2)13-4-11(7-18)5-14(16-13)17(3)6-12-8-19-9-15-12/h4-5,8-10,18H,6-7H2,1-3H3. The van der Waals surface area contributed by atoms with Crippen molar-refractivity contribution in [3.8, 4) is 0 Å². The van der Waals surface area contributed by atoms with E-state index in [9.17, 15) is 5.11 Å². The van der Waals surface area contributed by atoms with Crippen LogP contribution >= 0.6 is 11.3 Å². The van der Waals surface area contributed by atoms with E-state index in [0.29, 0.717) is 5.92 Å². The third-order valence-electron chi connectivity index (χ3n) is 2.94. The molecule has 0 saturated heterocycles. The highest BCUT2D eigenvalue weighted by molar-refractivity contribution is 7.07. The fraction of sp³-hybridized carbons (Fsp3) is 0.429. The second kappa shape index (κ2) is 6.12. The second-order valence-electron chi connectivity index (χ2n) is 4.91. The molecule has 5 heteroatoms. The third-order valence-corrected chi connectivity index (χ3v) is 3.57. The monoisotopic (exact) mass is 277 g/mol. The molecule has 0 amide bonds. The van der Waals surface area contributed by atoms with Crippen LogP contribution in [0.1, 0.15) is 36.7 Å². The van der Waals surface area contributed by atoms with Crippen LogP contribution in [0, 0.1) is 0 Å². The maximum absolute atomic E-state index is 9.35. The van der Waals surface area contributed by atoms with E-state index < -0.39 is 0 Å². The molecule has 0 radical (unpaired) electrons. The van der Waals surface area contributed by atoms with E-state index in [1.807, 2.05) is 30.1 Å². The molecular weight excluding hydrogens is 258 g/mol. The van der Waals surface area contributed by atoms with Crippen LogP contribution in [-0.2, 0) is 13.2 Å². The van der Waals surface area contributed by atoms with Gasteiger partial charge in [0.05, 0.1) is 24.4 Å². The number of pyridine rings is 1. The lowest BCUT2D eigenvalue weighted by molar-refractivity contribution is 0.281. The molecule has 0 fully saturated rings. The highest BCUT2D eigenvalue weighted by Gasteiger charge is 2.10. The molecule has 2 heterocycles. The minimum Gasteiger partial charge on any atom is -0.392 e. The summed E-state index contributed by atoms with van der Waals surface area (Å²) in [6.07, 6.45) is 0. The predicted molar refractivity (Wildman–Crippen MR) is 78.5 cm³/mol. The minimum atomic E-state index is 0.0414. The first kappa shape index (κ1) is 14.0. The Labute approximate surface area is 117 Å². The molecule has 0 unspecified atom stereocenters. The van der Waals surface area contributed by atoms with Gasteiger partial charge in [0.25, 0.3) is 0 Å². The predicted octanol–water partition coefficient (Wildman–Crippen LogP) is 2.79. The number of hydrogen-bond donors (Lipinski definition) is 1. The first-order valence-corrected chi connectivity index (χ1v) is 7.24. The van der Waals surface area contributed by atoms with Crippen molar-refractivity contribution < 1.29 is 5.11 Å². The largest absolute Gasteiger partial charge is 0.392 e. The highest BCUT2D eigenvalue weighted by Crippen LogP contribution is 2.21. The van der Waals surface area contributed by atoms with Crippen molar-refractivity contribution in [2.75, 3.05) is 11.9 Å². The summed E-state index contributed by atoms with van der Waals surface area (Å²) in [7, 11) is 1.99. The van der Waals surface area contributed by atoms with Gasteiger partial charge < -0.3 is 10.0 Å². The summed E-state index contributed by atoms with van der Waals surface area (Å²) >= 11 is 1.59. The summed E-state index contributed by atoms with van der Waals surface area (Å²) in [5, 5.41) is 11.4. The molecule has 2 aromatic heterocycles. The average Bonchev–Trinajstić information content (AvgIpc) is 2.90. The van der Waals surface area contributed by atoms with Gasteiger partial charge in [0, 0.05) is 18.1 Å². The van der Waals surface area contributed by atoms with Crippen LogP contribution in [0.2, 0.25) is 0 Å². The molecular formula is C14H19N3OS. The highest BCUT2D eigenvalue weighted by atomic mass is 32.1. The van der Waals surface area contributed by atoms with Gasteiger partial charge in [0.15, 0.2) is 0 Å². The first-order chi connectivity index (χ1) is 9.10. The van der Waals surface area contributed by atoms with Crippen LogP contribution in [0.25, 0.3) is 0 Å². The van der Waals surface area contributed by atoms with E-state index >= 15 is 0 Å². The van der Waals surface area contributed by atoms with Gasteiger partial charge in [-0.3, -0.25) is 0 Å². The maximum atomic E-state index is 9.35. The molecule has 0 atom stereocenters. The molecule has 2 aromatic rings. The quantitative estimate of drug-likeness (QED) is 0.913. The van der Waals surface area contributed by atoms with Gasteiger partial charge >= 0.3 is 0 Å². The smallest absolute Gasteiger partial charge is 0.129 e. The van der Waals surface area contributed by atoms with Crippen LogP contribution in [0.15, 0.2) is 23.0 Å². The normalized spacial score (nSPS) is 11.0. The summed E-state index contributed by atoms with van der Waals surface area (Å²) in [6, 6.07) is 3.89. The van der Waals surface area contributed by atoms with Gasteiger partial charge in [-0.1, -0.05) is 13.8 Å². The summed E-state index contributed by atoms with van der Waals surface area (Å²) in [5.41, 5.74) is 4.78. The number of aliphatic hydroxyl groups is 1. The summed E-state index contributed by atoms with van der Waals surface area (Å²) < 4.78 is 0. The molecule has 4 nitrogen and oxygen atoms in total. The summed E-state index contributed by atoms with van der Waals surface area (Å²) in [6.45, 7) is 4.98. The fourth-order valence-corrected chi connectivity index (χ4v) is 2.37. The van der Waals surface area contributed by atoms with E-state index in [1.54, 1.807) is 11.3 Å². The molecule has 19 heavy (non-hydrogen) atoms. The maximum Gasteiger partial charge on any atom is 0.129 e. The van der Waals surface area contributed by atoms with Crippen LogP contribution in [-0.4, -0.2) is 22.1 Å². The Kier molecular flexibility index (Phi) is 4.50. The lowest BCUT2D eigenvalue weighted by Gasteiger charge is -2.19. The number of hydrogen-bond acceptors (Lipinski definition) is 5. The number of rotatable bonds is 5. The number of aromatic nitrogens is 2. The molecule has 0 aromatic carbocycles. The Hall–Kier alpha value is -1.46. The fourth-order valence-electron chi connectivity index (χ4n) is 1.82. The molecule has 1 N–H and O–H groups in total. The molecule has 0 saturated carbocycles. The van der Waals surface area contributed by atoms with Gasteiger partial charge in [0.1, 0.15) is 5.82 Å². The Morgan fingerprint density at radius 2 is 2.16 bits per heavy atom. The average molecular weight is 277 g/mol. The molecule has 2 rings (SSSR count). The van der Waals surface area contributed by atoms with Crippen molar-refractivity contribution in [2.45, 2.75) is 32.9 Å². The lowest BCUT2D eigenvalue weighted by Crippen LogP contribution is -2.19. The second-order valence-corrected chi connectivity index (χ2v) is 5.63. The van der Waals surface area contributed by atoms with Crippen LogP contribution in [0.3, 0.4) is 0 Å². The van der Waals surface area contributed by atoms with Crippen LogP contribution < -0.4 is 4.90 Å². The zero-order valence-corrected chi connectivity index (χ0v) is 12.3. The molecule has 0 aliphatic carbocycles. The summed E-state index contributed by atoms with van der Waals surface area (Å²) in [5.74, 6) is 1.22. The molecule has 0 aliphatic rings. The molecule has 0 spiro atoms. The van der Waals surface area contributed by atoms with Crippen molar-refractivity contribution in [3.05, 3.63) is 40.0 Å². The minimum absolute atomic E-state index is 0.0414. The Morgan fingerprint density at radius 3 is 2.74 bits per heavy atom. The van der Waals surface area contributed by atoms with E-state index in [1.165, 1.54) is 0 Å². The van der Waals surface area contributed by atoms with E-state index in [4.69, 9.17) is 0 Å². The third kappa shape index (κ3) is 3.52. The number of nitrogens with zero attached hydrogens (tertiary/aromatic N) is 3. The molecule has 102 valence electrons. The lowest BCUT2D eigenvalue weighted by atomic mass is 10.1. The van der Waals surface area contributed by atoms with E-state index in [-0.39, 0.29) is 6.61 Å². The Morgan fingerprint density at radius 1 is 1.37 bits per heavy atom. The van der Waals surface area contributed by atoms with E-state index in [2.05, 4.69) is 28.7 Å². The van der Waals surface area contributed by atoms with Crippen molar-refractivity contribution in [1.29, 1.82) is 0 Å². The molecule has 0 aliphatic heterocycles. The first-order valence-electron chi connectivity index (χ1n) is 6.30. The number of thiazole rings is 1. The van der Waals surface area contributed by atoms with Gasteiger partial charge in [-0.05, 0) is 23.6 Å². The van der Waals surface area contributed by atoms with Crippen LogP contribution in [0.5, 0.6) is 0 Å². The SMILES string of the molecule is CC(C)c1cc(CO)cc(N(C)Cc2cscn2)n1. The van der Waals surface area contributed by atoms with Gasteiger partial charge in [-0.25, -0.2) is 9.97 Å². The zero-order chi connectivity index (χ0) is 13.8. The topological polar surface area (TPSA) is 49.2 Å². The number of aliphatic hydroxyl groups excluding tert-OH is 1. The van der Waals surface area contributed by atoms with Gasteiger partial charge in [0.2, 0.25) is 0 Å². The van der Waals surface area contributed by atoms with Crippen LogP contribution in [0.4, 0.5) is 5.82 Å². The van der Waals surface area contributed by atoms with Crippen molar-refractivity contribution in [3.63, 3.8) is 0 Å². The van der Waals surface area contributed by atoms with Crippen molar-refractivity contribution in [2.24, 2.45) is 0 Å². The Bertz CT molecular complexity index is 525. The molecule has 0 bridgehead atoms. The summed E-state index contributed by atoms with van der Waals surface area (Å²) in [4.78, 5) is 11.0. The van der Waals surface area contributed by atoms with Crippen molar-refractivity contribution in [1.82, 2.24) is 9.97 Å². The van der Waals surface area contributed by atoms with E-state index in [0.717, 1.165) is 29.3 Å². The van der Waals surface area contributed by atoms with Crippen molar-refractivity contribution >= 4 is 17.2 Å².